The van der Waals surface area contributed by atoms with Crippen molar-refractivity contribution in [3.63, 3.8) is 0 Å². The number of rotatable bonds is 5. The predicted molar refractivity (Wildman–Crippen MR) is 67.0 cm³/mol. The van der Waals surface area contributed by atoms with Crippen molar-refractivity contribution >= 4 is 29.8 Å². The van der Waals surface area contributed by atoms with Crippen LogP contribution in [0, 0.1) is 0 Å². The second-order valence-electron chi connectivity index (χ2n) is 3.44. The van der Waals surface area contributed by atoms with E-state index in [9.17, 15) is 4.79 Å². The van der Waals surface area contributed by atoms with Crippen LogP contribution in [0.5, 0.6) is 0 Å². The summed E-state index contributed by atoms with van der Waals surface area (Å²) >= 11 is 1.16. The number of carbonyl (C=O) groups is 1. The molecule has 7 heteroatoms. The molecule has 1 aromatic rings. The molecule has 1 amide bonds. The Morgan fingerprint density at radius 1 is 1.56 bits per heavy atom. The number of nitrogens with one attached hydrogen (secondary N) is 1. The number of halogens is 1. The van der Waals surface area contributed by atoms with Gasteiger partial charge >= 0.3 is 0 Å². The third-order valence-corrected chi connectivity index (χ3v) is 3.22. The Morgan fingerprint density at radius 2 is 2.19 bits per heavy atom. The Kier molecular flexibility index (Phi) is 6.47. The van der Waals surface area contributed by atoms with E-state index in [2.05, 4.69) is 14.9 Å². The summed E-state index contributed by atoms with van der Waals surface area (Å²) in [4.78, 5) is 11.7. The zero-order chi connectivity index (χ0) is 11.3. The van der Waals surface area contributed by atoms with Crippen LogP contribution in [0.3, 0.4) is 0 Å². The molecule has 1 heterocycles. The number of hydrogen-bond acceptors (Lipinski definition) is 5. The Bertz CT molecular complexity index is 305. The van der Waals surface area contributed by atoms with Gasteiger partial charge in [-0.3, -0.25) is 4.79 Å². The quantitative estimate of drug-likeness (QED) is 0.838. The molecule has 0 atom stereocenters. The van der Waals surface area contributed by atoms with Gasteiger partial charge in [0.15, 0.2) is 5.69 Å². The SMILES string of the molecule is CCC(CC)(CN)NC(=O)c1csnn1.Cl. The summed E-state index contributed by atoms with van der Waals surface area (Å²) < 4.78 is 3.65. The fourth-order valence-corrected chi connectivity index (χ4v) is 1.77. The van der Waals surface area contributed by atoms with E-state index in [1.807, 2.05) is 13.8 Å². The highest BCUT2D eigenvalue weighted by Crippen LogP contribution is 2.14. The summed E-state index contributed by atoms with van der Waals surface area (Å²) in [6.45, 7) is 4.45. The number of aromatic nitrogens is 2. The Labute approximate surface area is 105 Å². The Hall–Kier alpha value is -0.720. The van der Waals surface area contributed by atoms with Crippen LogP contribution < -0.4 is 11.1 Å². The van der Waals surface area contributed by atoms with Crippen molar-refractivity contribution in [2.24, 2.45) is 5.73 Å². The minimum Gasteiger partial charge on any atom is -0.344 e. The summed E-state index contributed by atoms with van der Waals surface area (Å²) in [6, 6.07) is 0. The van der Waals surface area contributed by atoms with Crippen LogP contribution in [0.1, 0.15) is 37.2 Å². The minimum atomic E-state index is -0.319. The lowest BCUT2D eigenvalue weighted by Gasteiger charge is -2.30. The molecule has 0 aromatic carbocycles. The number of nitrogens with zero attached hydrogens (tertiary/aromatic N) is 2. The molecule has 0 fully saturated rings. The van der Waals surface area contributed by atoms with Crippen LogP contribution in [0.4, 0.5) is 0 Å². The van der Waals surface area contributed by atoms with Crippen molar-refractivity contribution in [2.75, 3.05) is 6.54 Å². The van der Waals surface area contributed by atoms with Gasteiger partial charge in [0.2, 0.25) is 0 Å². The van der Waals surface area contributed by atoms with Crippen LogP contribution in [-0.2, 0) is 0 Å². The van der Waals surface area contributed by atoms with Gasteiger partial charge in [0.1, 0.15) is 0 Å². The second kappa shape index (κ2) is 6.78. The van der Waals surface area contributed by atoms with Gasteiger partial charge in [0.05, 0.1) is 5.54 Å². The van der Waals surface area contributed by atoms with Gasteiger partial charge in [-0.05, 0) is 24.4 Å². The molecule has 92 valence electrons. The second-order valence-corrected chi connectivity index (χ2v) is 4.05. The van der Waals surface area contributed by atoms with E-state index in [1.54, 1.807) is 5.38 Å². The van der Waals surface area contributed by atoms with Crippen LogP contribution in [0.15, 0.2) is 5.38 Å². The molecule has 0 spiro atoms. The van der Waals surface area contributed by atoms with Gasteiger partial charge in [-0.2, -0.15) is 0 Å². The molecule has 0 radical (unpaired) electrons. The highest BCUT2D eigenvalue weighted by molar-refractivity contribution is 7.03. The molecule has 0 saturated carbocycles. The predicted octanol–water partition coefficient (Wildman–Crippen LogP) is 1.21. The summed E-state index contributed by atoms with van der Waals surface area (Å²) in [5, 5.41) is 8.27. The lowest BCUT2D eigenvalue weighted by molar-refractivity contribution is 0.0890. The molecule has 3 N–H and O–H groups in total. The molecule has 1 rings (SSSR count). The topological polar surface area (TPSA) is 80.9 Å². The molecule has 0 saturated heterocycles. The minimum absolute atomic E-state index is 0. The van der Waals surface area contributed by atoms with Crippen molar-refractivity contribution in [3.8, 4) is 0 Å². The van der Waals surface area contributed by atoms with Gasteiger partial charge < -0.3 is 11.1 Å². The van der Waals surface area contributed by atoms with E-state index in [4.69, 9.17) is 5.73 Å². The largest absolute Gasteiger partial charge is 0.344 e. The summed E-state index contributed by atoms with van der Waals surface area (Å²) in [6.07, 6.45) is 1.62. The fraction of sp³-hybridized carbons (Fsp3) is 0.667. The Morgan fingerprint density at radius 3 is 2.56 bits per heavy atom. The van der Waals surface area contributed by atoms with Crippen LogP contribution in [0.2, 0.25) is 0 Å². The molecule has 16 heavy (non-hydrogen) atoms. The van der Waals surface area contributed by atoms with Crippen molar-refractivity contribution in [1.29, 1.82) is 0 Å². The maximum absolute atomic E-state index is 11.7. The van der Waals surface area contributed by atoms with Gasteiger partial charge in [0.25, 0.3) is 5.91 Å². The number of nitrogens with two attached hydrogens (primary N) is 1. The van der Waals surface area contributed by atoms with Crippen molar-refractivity contribution in [1.82, 2.24) is 14.9 Å². The maximum atomic E-state index is 11.7. The van der Waals surface area contributed by atoms with Crippen LogP contribution in [-0.4, -0.2) is 27.6 Å². The first-order valence-electron chi connectivity index (χ1n) is 4.97. The Balaban J connectivity index is 0.00000225. The molecule has 0 aliphatic heterocycles. The highest BCUT2D eigenvalue weighted by atomic mass is 35.5. The molecule has 1 aromatic heterocycles. The number of hydrogen-bond donors (Lipinski definition) is 2. The maximum Gasteiger partial charge on any atom is 0.273 e. The molecule has 0 aliphatic rings. The van der Waals surface area contributed by atoms with Gasteiger partial charge in [-0.25, -0.2) is 0 Å². The van der Waals surface area contributed by atoms with Crippen LogP contribution >= 0.6 is 23.9 Å². The average molecular weight is 265 g/mol. The highest BCUT2D eigenvalue weighted by Gasteiger charge is 2.27. The number of carbonyl (C=O) groups excluding carboxylic acids is 1. The van der Waals surface area contributed by atoms with E-state index < -0.39 is 0 Å². The van der Waals surface area contributed by atoms with E-state index in [0.29, 0.717) is 12.2 Å². The van der Waals surface area contributed by atoms with Crippen LogP contribution in [0.25, 0.3) is 0 Å². The molecule has 5 nitrogen and oxygen atoms in total. The molecule has 0 aliphatic carbocycles. The lowest BCUT2D eigenvalue weighted by Crippen LogP contribution is -2.52. The van der Waals surface area contributed by atoms with Crippen molar-refractivity contribution in [2.45, 2.75) is 32.2 Å². The van der Waals surface area contributed by atoms with Gasteiger partial charge in [0, 0.05) is 11.9 Å². The zero-order valence-electron chi connectivity index (χ0n) is 9.40. The van der Waals surface area contributed by atoms with E-state index in [0.717, 1.165) is 24.4 Å². The number of amides is 1. The molecule has 0 bridgehead atoms. The first kappa shape index (κ1) is 15.3. The summed E-state index contributed by atoms with van der Waals surface area (Å²) in [7, 11) is 0. The van der Waals surface area contributed by atoms with Gasteiger partial charge in [-0.1, -0.05) is 18.3 Å². The van der Waals surface area contributed by atoms with E-state index >= 15 is 0 Å². The molecular formula is C9H17ClN4OS. The average Bonchev–Trinajstić information content (AvgIpc) is 2.79. The smallest absolute Gasteiger partial charge is 0.273 e. The standard InChI is InChI=1S/C9H16N4OS.ClH/c1-3-9(4-2,6-10)11-8(14)7-5-15-13-12-7;/h5H,3-4,6,10H2,1-2H3,(H,11,14);1H. The van der Waals surface area contributed by atoms with Crippen molar-refractivity contribution in [3.05, 3.63) is 11.1 Å². The molecule has 0 unspecified atom stereocenters. The van der Waals surface area contributed by atoms with E-state index in [1.165, 1.54) is 0 Å². The fourth-order valence-electron chi connectivity index (χ4n) is 1.33. The van der Waals surface area contributed by atoms with Crippen molar-refractivity contribution < 1.29 is 4.79 Å². The summed E-state index contributed by atoms with van der Waals surface area (Å²) in [5.74, 6) is -0.196. The van der Waals surface area contributed by atoms with E-state index in [-0.39, 0.29) is 23.9 Å². The third kappa shape index (κ3) is 3.40. The third-order valence-electron chi connectivity index (χ3n) is 2.72. The zero-order valence-corrected chi connectivity index (χ0v) is 11.0. The monoisotopic (exact) mass is 264 g/mol. The first-order chi connectivity index (χ1) is 7.17. The lowest BCUT2D eigenvalue weighted by atomic mass is 9.93. The normalized spacial score (nSPS) is 10.7. The summed E-state index contributed by atoms with van der Waals surface area (Å²) in [5.41, 5.74) is 5.72. The first-order valence-corrected chi connectivity index (χ1v) is 5.80. The molecular weight excluding hydrogens is 248 g/mol. The van der Waals surface area contributed by atoms with Gasteiger partial charge in [-0.15, -0.1) is 17.5 Å².